The van der Waals surface area contributed by atoms with Crippen LogP contribution in [0.3, 0.4) is 0 Å². The van der Waals surface area contributed by atoms with Crippen LogP contribution in [0.1, 0.15) is 42.6 Å². The fourth-order valence-electron chi connectivity index (χ4n) is 9.08. The Hall–Kier alpha value is -5.14. The van der Waals surface area contributed by atoms with E-state index >= 15 is 4.39 Å². The maximum Gasteiger partial charge on any atom is 0.237 e. The van der Waals surface area contributed by atoms with Crippen LogP contribution in [0.4, 0.5) is 4.39 Å². The van der Waals surface area contributed by atoms with Crippen molar-refractivity contribution in [1.82, 2.24) is 35.0 Å². The Balaban J connectivity index is 0.956. The number of amides is 2. The zero-order chi connectivity index (χ0) is 36.6. The molecule has 4 saturated heterocycles. The Morgan fingerprint density at radius 3 is 2.36 bits per heavy atom. The van der Waals surface area contributed by atoms with E-state index in [1.54, 1.807) is 45.5 Å². The molecule has 7 heterocycles. The molecule has 9 rings (SSSR count). The summed E-state index contributed by atoms with van der Waals surface area (Å²) >= 11 is 0. The van der Waals surface area contributed by atoms with Gasteiger partial charge in [0.15, 0.2) is 0 Å². The van der Waals surface area contributed by atoms with Gasteiger partial charge in [-0.25, -0.2) is 14.4 Å². The summed E-state index contributed by atoms with van der Waals surface area (Å²) in [6, 6.07) is 12.8. The molecular weight excluding hydrogens is 677 g/mol. The minimum absolute atomic E-state index is 0.0581. The zero-order valence-electron chi connectivity index (χ0n) is 30.4. The van der Waals surface area contributed by atoms with Gasteiger partial charge in [-0.3, -0.25) is 24.4 Å². The topological polar surface area (TPSA) is 122 Å². The number of rotatable bonds is 8. The molecule has 2 amide bonds. The number of nitrogens with zero attached hydrogens (tertiary/aromatic N) is 6. The summed E-state index contributed by atoms with van der Waals surface area (Å²) in [6.45, 7) is 9.58. The number of fused-ring (bicyclic) bond motifs is 1. The maximum atomic E-state index is 16.7. The van der Waals surface area contributed by atoms with Crippen molar-refractivity contribution in [1.29, 1.82) is 0 Å². The van der Waals surface area contributed by atoms with Crippen LogP contribution in [0.15, 0.2) is 48.7 Å². The first kappa shape index (κ1) is 33.7. The van der Waals surface area contributed by atoms with Gasteiger partial charge in [0.25, 0.3) is 0 Å². The summed E-state index contributed by atoms with van der Waals surface area (Å²) < 4.78 is 34.3. The van der Waals surface area contributed by atoms with E-state index in [2.05, 4.69) is 15.1 Å². The Kier molecular flexibility index (Phi) is 7.93. The number of benzene rings is 2. The molecule has 2 aromatic carbocycles. The van der Waals surface area contributed by atoms with Crippen molar-refractivity contribution in [3.63, 3.8) is 0 Å². The zero-order valence-corrected chi connectivity index (χ0v) is 30.4. The second-order valence-electron chi connectivity index (χ2n) is 15.4. The van der Waals surface area contributed by atoms with Crippen LogP contribution >= 0.6 is 0 Å². The standard InChI is InChI=1S/C40H42FN7O5/c1-23-25(7-5-8-26(23)30-14-42-31(37(44-30)51-3)15-46-17-39(18-46)19-47(20-39)24(2)49)27-9-6-10-28(36(27)41)29-13-33-35(38(43-29)52-4)32(16-53-33)48-21-40(22-48)12-11-34(50)45-40/h5-10,13-14,32H,11-12,15-22H2,1-4H3,(H,45,50)/t32-/m0/s1. The average molecular weight is 720 g/mol. The third-order valence-corrected chi connectivity index (χ3v) is 11.8. The molecule has 0 bridgehead atoms. The van der Waals surface area contributed by atoms with Crippen LogP contribution in [-0.4, -0.2) is 107 Å². The molecule has 0 unspecified atom stereocenters. The van der Waals surface area contributed by atoms with Gasteiger partial charge < -0.3 is 24.4 Å². The molecule has 0 saturated carbocycles. The molecule has 13 heteroatoms. The van der Waals surface area contributed by atoms with Gasteiger partial charge in [0, 0.05) is 87.3 Å². The molecule has 1 atom stereocenters. The highest BCUT2D eigenvalue weighted by molar-refractivity contribution is 5.81. The van der Waals surface area contributed by atoms with Crippen molar-refractivity contribution >= 4 is 11.8 Å². The molecule has 12 nitrogen and oxygen atoms in total. The van der Waals surface area contributed by atoms with Gasteiger partial charge in [-0.15, -0.1) is 0 Å². The van der Waals surface area contributed by atoms with Crippen LogP contribution < -0.4 is 19.5 Å². The third kappa shape index (κ3) is 5.59. The molecule has 5 aliphatic rings. The molecule has 53 heavy (non-hydrogen) atoms. The van der Waals surface area contributed by atoms with Gasteiger partial charge in [-0.1, -0.05) is 30.3 Å². The van der Waals surface area contributed by atoms with E-state index in [1.165, 1.54) is 0 Å². The monoisotopic (exact) mass is 719 g/mol. The van der Waals surface area contributed by atoms with Gasteiger partial charge in [-0.05, 0) is 30.5 Å². The van der Waals surface area contributed by atoms with E-state index in [1.807, 2.05) is 36.1 Å². The number of carbonyl (C=O) groups is 2. The molecular formula is C40H42FN7O5. The second kappa shape index (κ2) is 12.5. The number of carbonyl (C=O) groups excluding carboxylic acids is 2. The number of halogens is 1. The fraction of sp³-hybridized carbons (Fsp3) is 0.425. The average Bonchev–Trinajstić information content (AvgIpc) is 3.71. The van der Waals surface area contributed by atoms with Gasteiger partial charge in [0.2, 0.25) is 23.6 Å². The highest BCUT2D eigenvalue weighted by atomic mass is 19.1. The van der Waals surface area contributed by atoms with Crippen molar-refractivity contribution in [3.8, 4) is 51.2 Å². The second-order valence-corrected chi connectivity index (χ2v) is 15.4. The first-order valence-corrected chi connectivity index (χ1v) is 18.1. The lowest BCUT2D eigenvalue weighted by atomic mass is 9.73. The number of nitrogens with one attached hydrogen (secondary N) is 1. The highest BCUT2D eigenvalue weighted by Gasteiger charge is 2.53. The lowest BCUT2D eigenvalue weighted by molar-refractivity contribution is -0.157. The van der Waals surface area contributed by atoms with E-state index in [4.69, 9.17) is 29.2 Å². The van der Waals surface area contributed by atoms with Gasteiger partial charge in [-0.2, -0.15) is 0 Å². The van der Waals surface area contributed by atoms with Crippen molar-refractivity contribution < 1.29 is 28.2 Å². The van der Waals surface area contributed by atoms with Crippen LogP contribution in [0.5, 0.6) is 17.5 Å². The smallest absolute Gasteiger partial charge is 0.237 e. The minimum atomic E-state index is -0.400. The molecule has 0 radical (unpaired) electrons. The largest absolute Gasteiger partial charge is 0.491 e. The van der Waals surface area contributed by atoms with Crippen LogP contribution in [0, 0.1) is 18.2 Å². The maximum absolute atomic E-state index is 16.7. The normalized spacial score (nSPS) is 21.0. The number of pyridine rings is 1. The summed E-state index contributed by atoms with van der Waals surface area (Å²) in [5.41, 5.74) is 5.90. The molecule has 1 N–H and O–H groups in total. The van der Waals surface area contributed by atoms with Crippen molar-refractivity contribution in [2.24, 2.45) is 5.41 Å². The Morgan fingerprint density at radius 1 is 0.962 bits per heavy atom. The number of methoxy groups -OCH3 is 2. The summed E-state index contributed by atoms with van der Waals surface area (Å²) in [5, 5.41) is 3.14. The summed E-state index contributed by atoms with van der Waals surface area (Å²) in [4.78, 5) is 44.4. The predicted octanol–water partition coefficient (Wildman–Crippen LogP) is 4.40. The molecule has 274 valence electrons. The number of hydrogen-bond acceptors (Lipinski definition) is 10. The number of aromatic nitrogens is 3. The van der Waals surface area contributed by atoms with Crippen LogP contribution in [-0.2, 0) is 16.1 Å². The SMILES string of the molecule is COc1nc(-c2cccc(-c3cccc(-c4cc5c(c(OC)n4)[C@@H](N4CC6(CCC(=O)N6)C4)CO5)c3F)c2C)cnc1CN1CC2(C1)CN(C(C)=O)C2. The summed E-state index contributed by atoms with van der Waals surface area (Å²) in [5.74, 6) is 1.33. The van der Waals surface area contributed by atoms with Gasteiger partial charge >= 0.3 is 0 Å². The molecule has 2 spiro atoms. The molecule has 5 aliphatic heterocycles. The molecule has 2 aromatic heterocycles. The van der Waals surface area contributed by atoms with Crippen molar-refractivity contribution in [2.75, 3.05) is 60.1 Å². The van der Waals surface area contributed by atoms with E-state index < -0.39 is 5.82 Å². The summed E-state index contributed by atoms with van der Waals surface area (Å²) in [7, 11) is 3.17. The van der Waals surface area contributed by atoms with E-state index in [-0.39, 0.29) is 28.8 Å². The Labute approximate surface area is 307 Å². The number of ether oxygens (including phenoxy) is 3. The lowest BCUT2D eigenvalue weighted by Gasteiger charge is -2.60. The van der Waals surface area contributed by atoms with Gasteiger partial charge in [0.1, 0.15) is 23.9 Å². The van der Waals surface area contributed by atoms with E-state index in [0.29, 0.717) is 59.6 Å². The van der Waals surface area contributed by atoms with E-state index in [9.17, 15) is 9.59 Å². The van der Waals surface area contributed by atoms with E-state index in [0.717, 1.165) is 73.6 Å². The number of hydrogen-bond donors (Lipinski definition) is 1. The molecule has 4 fully saturated rings. The fourth-order valence-corrected chi connectivity index (χ4v) is 9.08. The van der Waals surface area contributed by atoms with Crippen molar-refractivity contribution in [3.05, 3.63) is 71.3 Å². The minimum Gasteiger partial charge on any atom is -0.491 e. The first-order valence-electron chi connectivity index (χ1n) is 18.1. The molecule has 4 aromatic rings. The van der Waals surface area contributed by atoms with Gasteiger partial charge in [0.05, 0.1) is 48.9 Å². The van der Waals surface area contributed by atoms with Crippen molar-refractivity contribution in [2.45, 2.75) is 44.8 Å². The lowest BCUT2D eigenvalue weighted by Crippen LogP contribution is -2.72. The van der Waals surface area contributed by atoms with Crippen LogP contribution in [0.25, 0.3) is 33.6 Å². The highest BCUT2D eigenvalue weighted by Crippen LogP contribution is 2.48. The number of likely N-dealkylation sites (tertiary alicyclic amines) is 3. The first-order chi connectivity index (χ1) is 25.6. The summed E-state index contributed by atoms with van der Waals surface area (Å²) in [6.07, 6.45) is 3.16. The quantitative estimate of drug-likeness (QED) is 0.281. The predicted molar refractivity (Wildman–Crippen MR) is 194 cm³/mol. The third-order valence-electron chi connectivity index (χ3n) is 11.8. The Bertz CT molecular complexity index is 2160. The Morgan fingerprint density at radius 2 is 1.66 bits per heavy atom. The molecule has 0 aliphatic carbocycles. The van der Waals surface area contributed by atoms with Crippen LogP contribution in [0.2, 0.25) is 0 Å².